The maximum atomic E-state index is 12.9. The van der Waals surface area contributed by atoms with Crippen molar-refractivity contribution in [1.29, 1.82) is 0 Å². The lowest BCUT2D eigenvalue weighted by molar-refractivity contribution is -0.134. The van der Waals surface area contributed by atoms with Crippen LogP contribution in [0.25, 0.3) is 0 Å². The van der Waals surface area contributed by atoms with Crippen molar-refractivity contribution in [2.75, 3.05) is 46.2 Å². The topological polar surface area (TPSA) is 74.8 Å². The minimum atomic E-state index is -0.230. The number of aromatic nitrogens is 1. The van der Waals surface area contributed by atoms with Gasteiger partial charge in [-0.05, 0) is 58.6 Å². The van der Waals surface area contributed by atoms with Crippen molar-refractivity contribution in [2.45, 2.75) is 26.7 Å². The number of amides is 2. The summed E-state index contributed by atoms with van der Waals surface area (Å²) < 4.78 is 5.16. The average Bonchev–Trinajstić information content (AvgIpc) is 2.98. The molecule has 29 heavy (non-hydrogen) atoms. The Bertz CT molecular complexity index is 798. The number of thiazole rings is 1. The van der Waals surface area contributed by atoms with Crippen LogP contribution in [-0.2, 0) is 16.0 Å². The molecule has 1 heterocycles. The van der Waals surface area contributed by atoms with Gasteiger partial charge in [0.2, 0.25) is 11.8 Å². The van der Waals surface area contributed by atoms with Gasteiger partial charge in [-0.25, -0.2) is 4.98 Å². The normalized spacial score (nSPS) is 10.8. The highest BCUT2D eigenvalue weighted by Gasteiger charge is 2.18. The number of nitrogens with zero attached hydrogens (tertiary/aromatic N) is 3. The zero-order valence-electron chi connectivity index (χ0n) is 17.8. The van der Waals surface area contributed by atoms with Gasteiger partial charge in [-0.15, -0.1) is 11.3 Å². The van der Waals surface area contributed by atoms with Crippen LogP contribution in [0.5, 0.6) is 5.75 Å². The van der Waals surface area contributed by atoms with Crippen molar-refractivity contribution in [3.8, 4) is 5.75 Å². The molecule has 158 valence electrons. The average molecular weight is 419 g/mol. The Kier molecular flexibility index (Phi) is 8.60. The predicted octanol–water partition coefficient (Wildman–Crippen LogP) is 2.73. The highest BCUT2D eigenvalue weighted by molar-refractivity contribution is 7.15. The van der Waals surface area contributed by atoms with Crippen LogP contribution in [0.3, 0.4) is 0 Å². The minimum Gasteiger partial charge on any atom is -0.497 e. The third-order valence-corrected chi connectivity index (χ3v) is 5.50. The van der Waals surface area contributed by atoms with Gasteiger partial charge in [-0.2, -0.15) is 0 Å². The lowest BCUT2D eigenvalue weighted by atomic mass is 10.1. The molecule has 0 atom stereocenters. The molecule has 2 rings (SSSR count). The molecule has 1 aromatic heterocycles. The first kappa shape index (κ1) is 22.8. The van der Waals surface area contributed by atoms with Crippen LogP contribution in [0.15, 0.2) is 24.3 Å². The van der Waals surface area contributed by atoms with Gasteiger partial charge in [-0.3, -0.25) is 9.59 Å². The van der Waals surface area contributed by atoms with Gasteiger partial charge >= 0.3 is 0 Å². The number of carbonyl (C=O) groups is 2. The molecule has 0 unspecified atom stereocenters. The molecule has 1 aromatic carbocycles. The van der Waals surface area contributed by atoms with Crippen LogP contribution >= 0.6 is 11.3 Å². The molecule has 0 saturated carbocycles. The molecule has 8 heteroatoms. The van der Waals surface area contributed by atoms with Gasteiger partial charge in [-0.1, -0.05) is 12.1 Å². The molecule has 0 fully saturated rings. The van der Waals surface area contributed by atoms with Gasteiger partial charge < -0.3 is 19.9 Å². The number of methoxy groups -OCH3 is 1. The number of ether oxygens (including phenoxy) is 1. The largest absolute Gasteiger partial charge is 0.497 e. The molecule has 2 aromatic rings. The second-order valence-electron chi connectivity index (χ2n) is 7.21. The molecular formula is C21H30N4O3S. The highest BCUT2D eigenvalue weighted by Crippen LogP contribution is 2.21. The van der Waals surface area contributed by atoms with Crippen LogP contribution in [-0.4, -0.2) is 67.4 Å². The van der Waals surface area contributed by atoms with Gasteiger partial charge in [0.05, 0.1) is 25.8 Å². The summed E-state index contributed by atoms with van der Waals surface area (Å²) in [4.78, 5) is 34.5. The molecule has 0 aliphatic carbocycles. The Morgan fingerprint density at radius 3 is 2.38 bits per heavy atom. The summed E-state index contributed by atoms with van der Waals surface area (Å²) in [5.74, 6) is 0.444. The van der Waals surface area contributed by atoms with Crippen molar-refractivity contribution in [1.82, 2.24) is 14.8 Å². The summed E-state index contributed by atoms with van der Waals surface area (Å²) in [7, 11) is 5.59. The number of anilines is 1. The Morgan fingerprint density at radius 1 is 1.14 bits per heavy atom. The Hall–Kier alpha value is -2.45. The lowest BCUT2D eigenvalue weighted by Crippen LogP contribution is -2.40. The van der Waals surface area contributed by atoms with E-state index in [1.165, 1.54) is 11.3 Å². The first-order valence-corrected chi connectivity index (χ1v) is 10.4. The van der Waals surface area contributed by atoms with Gasteiger partial charge in [0.25, 0.3) is 0 Å². The van der Waals surface area contributed by atoms with Crippen LogP contribution in [0.4, 0.5) is 5.13 Å². The maximum absolute atomic E-state index is 12.9. The molecule has 0 radical (unpaired) electrons. The second-order valence-corrected chi connectivity index (χ2v) is 8.41. The van der Waals surface area contributed by atoms with E-state index in [2.05, 4.69) is 15.2 Å². The summed E-state index contributed by atoms with van der Waals surface area (Å²) in [6, 6.07) is 7.41. The van der Waals surface area contributed by atoms with Gasteiger partial charge in [0.1, 0.15) is 5.75 Å². The smallest absolute Gasteiger partial charge is 0.245 e. The molecular weight excluding hydrogens is 388 g/mol. The molecule has 0 spiro atoms. The van der Waals surface area contributed by atoms with Crippen LogP contribution in [0.2, 0.25) is 0 Å². The van der Waals surface area contributed by atoms with E-state index in [0.717, 1.165) is 34.8 Å². The van der Waals surface area contributed by atoms with Crippen molar-refractivity contribution in [3.05, 3.63) is 40.4 Å². The van der Waals surface area contributed by atoms with E-state index < -0.39 is 0 Å². The number of benzene rings is 1. The number of aryl methyl sites for hydroxylation is 2. The zero-order valence-corrected chi connectivity index (χ0v) is 18.6. The first-order chi connectivity index (χ1) is 13.8. The van der Waals surface area contributed by atoms with E-state index in [1.54, 1.807) is 12.0 Å². The van der Waals surface area contributed by atoms with Gasteiger partial charge in [0.15, 0.2) is 5.13 Å². The molecule has 0 aliphatic rings. The number of nitrogens with one attached hydrogen (secondary N) is 1. The summed E-state index contributed by atoms with van der Waals surface area (Å²) in [6.45, 7) is 5.26. The third kappa shape index (κ3) is 7.47. The zero-order chi connectivity index (χ0) is 21.4. The summed E-state index contributed by atoms with van der Waals surface area (Å²) in [5, 5.41) is 3.38. The van der Waals surface area contributed by atoms with Crippen LogP contribution in [0.1, 0.15) is 22.6 Å². The SMILES string of the molecule is COc1ccc(CC(=O)N(CCCN(C)C)CC(=O)Nc2nc(C)c(C)s2)cc1. The van der Waals surface area contributed by atoms with E-state index in [-0.39, 0.29) is 24.8 Å². The second kappa shape index (κ2) is 10.9. The quantitative estimate of drug-likeness (QED) is 0.642. The monoisotopic (exact) mass is 418 g/mol. The van der Waals surface area contributed by atoms with Crippen LogP contribution < -0.4 is 10.1 Å². The number of rotatable bonds is 10. The van der Waals surface area contributed by atoms with Crippen molar-refractivity contribution >= 4 is 28.3 Å². The molecule has 0 saturated heterocycles. The fraction of sp³-hybridized carbons (Fsp3) is 0.476. The fourth-order valence-corrected chi connectivity index (χ4v) is 3.59. The van der Waals surface area contributed by atoms with Crippen molar-refractivity contribution < 1.29 is 14.3 Å². The summed E-state index contributed by atoms with van der Waals surface area (Å²) in [5.41, 5.74) is 1.80. The number of carbonyl (C=O) groups excluding carboxylic acids is 2. The minimum absolute atomic E-state index is 0.0140. The van der Waals surface area contributed by atoms with E-state index >= 15 is 0 Å². The van der Waals surface area contributed by atoms with Crippen molar-refractivity contribution in [3.63, 3.8) is 0 Å². The fourth-order valence-electron chi connectivity index (χ4n) is 2.76. The van der Waals surface area contributed by atoms with Crippen LogP contribution in [0, 0.1) is 13.8 Å². The third-order valence-electron chi connectivity index (χ3n) is 4.51. The number of hydrogen-bond acceptors (Lipinski definition) is 6. The Morgan fingerprint density at radius 2 is 1.83 bits per heavy atom. The summed E-state index contributed by atoms with van der Waals surface area (Å²) in [6.07, 6.45) is 1.04. The predicted molar refractivity (Wildman–Crippen MR) is 117 cm³/mol. The van der Waals surface area contributed by atoms with E-state index in [4.69, 9.17) is 4.74 Å². The molecule has 2 amide bonds. The molecule has 1 N–H and O–H groups in total. The molecule has 0 aliphatic heterocycles. The molecule has 7 nitrogen and oxygen atoms in total. The maximum Gasteiger partial charge on any atom is 0.245 e. The highest BCUT2D eigenvalue weighted by atomic mass is 32.1. The first-order valence-electron chi connectivity index (χ1n) is 9.57. The number of hydrogen-bond donors (Lipinski definition) is 1. The lowest BCUT2D eigenvalue weighted by Gasteiger charge is -2.23. The van der Waals surface area contributed by atoms with E-state index in [0.29, 0.717) is 11.7 Å². The molecule has 0 bridgehead atoms. The standard InChI is InChI=1S/C21H30N4O3S/c1-15-16(2)29-21(22-15)23-19(26)14-25(12-6-11-24(3)4)20(27)13-17-7-9-18(28-5)10-8-17/h7-10H,6,11-14H2,1-5H3,(H,22,23,26). The van der Waals surface area contributed by atoms with E-state index in [9.17, 15) is 9.59 Å². The Labute approximate surface area is 176 Å². The van der Waals surface area contributed by atoms with E-state index in [1.807, 2.05) is 52.2 Å². The summed E-state index contributed by atoms with van der Waals surface area (Å²) >= 11 is 1.44. The van der Waals surface area contributed by atoms with Gasteiger partial charge in [0, 0.05) is 11.4 Å². The Balaban J connectivity index is 2.01. The van der Waals surface area contributed by atoms with Crippen molar-refractivity contribution in [2.24, 2.45) is 0 Å².